The molecule has 2 aromatic rings. The van der Waals surface area contributed by atoms with Crippen molar-refractivity contribution < 1.29 is 17.6 Å². The van der Waals surface area contributed by atoms with Gasteiger partial charge in [-0.3, -0.25) is 0 Å². The fraction of sp³-hybridized carbons (Fsp3) is 0.333. The molecule has 0 N–H and O–H groups in total. The maximum absolute atomic E-state index is 12.1. The third-order valence-corrected chi connectivity index (χ3v) is 2.85. The van der Waals surface area contributed by atoms with E-state index in [1.54, 1.807) is 24.3 Å². The first-order valence-electron chi connectivity index (χ1n) is 5.54. The molecule has 2 rings (SSSR count). The van der Waals surface area contributed by atoms with E-state index in [0.717, 1.165) is 5.56 Å². The molecule has 19 heavy (non-hydrogen) atoms. The fourth-order valence-electron chi connectivity index (χ4n) is 1.48. The maximum Gasteiger partial charge on any atom is 0.389 e. The number of halogens is 4. The number of hydrogen-bond acceptors (Lipinski definition) is 3. The highest BCUT2D eigenvalue weighted by atomic mass is 35.5. The summed E-state index contributed by atoms with van der Waals surface area (Å²) in [5, 5.41) is 6.58. The first kappa shape index (κ1) is 13.9. The van der Waals surface area contributed by atoms with Gasteiger partial charge in [0, 0.05) is 6.42 Å². The Hall–Kier alpha value is -1.56. The van der Waals surface area contributed by atoms with Crippen molar-refractivity contribution >= 4 is 11.6 Å². The van der Waals surface area contributed by atoms with Gasteiger partial charge in [0.05, 0.1) is 6.42 Å². The van der Waals surface area contributed by atoms with E-state index in [9.17, 15) is 13.2 Å². The summed E-state index contributed by atoms with van der Waals surface area (Å²) in [7, 11) is 0. The van der Waals surface area contributed by atoms with Crippen molar-refractivity contribution in [1.82, 2.24) is 10.2 Å². The second-order valence-corrected chi connectivity index (χ2v) is 4.36. The van der Waals surface area contributed by atoms with Crippen LogP contribution in [0.5, 0.6) is 0 Å². The van der Waals surface area contributed by atoms with Crippen LogP contribution in [-0.2, 0) is 6.42 Å². The molecule has 0 saturated heterocycles. The Balaban J connectivity index is 2.05. The number of benzene rings is 1. The summed E-state index contributed by atoms with van der Waals surface area (Å²) < 4.78 is 41.3. The van der Waals surface area contributed by atoms with Crippen molar-refractivity contribution in [3.05, 3.63) is 47.7 Å². The predicted octanol–water partition coefficient (Wildman–Crippen LogP) is 3.89. The van der Waals surface area contributed by atoms with Crippen molar-refractivity contribution in [1.29, 1.82) is 0 Å². The quantitative estimate of drug-likeness (QED) is 0.802. The molecule has 0 radical (unpaired) electrons. The highest BCUT2D eigenvalue weighted by Gasteiger charge is 2.28. The Morgan fingerprint density at radius 1 is 1.16 bits per heavy atom. The van der Waals surface area contributed by atoms with Crippen LogP contribution in [0.2, 0.25) is 0 Å². The Kier molecular flexibility index (Phi) is 4.09. The van der Waals surface area contributed by atoms with Gasteiger partial charge in [0.15, 0.2) is 0 Å². The zero-order valence-corrected chi connectivity index (χ0v) is 10.4. The van der Waals surface area contributed by atoms with Gasteiger partial charge in [0.1, 0.15) is 5.38 Å². The molecule has 0 aliphatic carbocycles. The van der Waals surface area contributed by atoms with E-state index in [1.807, 2.05) is 6.07 Å². The second kappa shape index (κ2) is 5.61. The molecule has 1 atom stereocenters. The lowest BCUT2D eigenvalue weighted by Crippen LogP contribution is -2.08. The molecular formula is C12H10ClF3N2O. The van der Waals surface area contributed by atoms with Gasteiger partial charge in [-0.2, -0.15) is 13.2 Å². The lowest BCUT2D eigenvalue weighted by molar-refractivity contribution is -0.134. The van der Waals surface area contributed by atoms with Gasteiger partial charge >= 0.3 is 6.18 Å². The average Bonchev–Trinajstić information content (AvgIpc) is 2.84. The maximum atomic E-state index is 12.1. The van der Waals surface area contributed by atoms with E-state index in [2.05, 4.69) is 10.2 Å². The van der Waals surface area contributed by atoms with Crippen LogP contribution in [-0.4, -0.2) is 16.4 Å². The minimum Gasteiger partial charge on any atom is -0.423 e. The molecule has 1 aromatic carbocycles. The zero-order valence-electron chi connectivity index (χ0n) is 9.69. The van der Waals surface area contributed by atoms with Crippen molar-refractivity contribution in [3.63, 3.8) is 0 Å². The van der Waals surface area contributed by atoms with Crippen LogP contribution in [0.3, 0.4) is 0 Å². The Labute approximate surface area is 112 Å². The van der Waals surface area contributed by atoms with E-state index in [1.165, 1.54) is 0 Å². The Morgan fingerprint density at radius 3 is 2.47 bits per heavy atom. The van der Waals surface area contributed by atoms with Gasteiger partial charge in [-0.15, -0.1) is 21.8 Å². The lowest BCUT2D eigenvalue weighted by atomic mass is 10.1. The Morgan fingerprint density at radius 2 is 1.84 bits per heavy atom. The molecule has 0 spiro atoms. The van der Waals surface area contributed by atoms with Crippen LogP contribution in [0.4, 0.5) is 13.2 Å². The van der Waals surface area contributed by atoms with Crippen LogP contribution in [0.25, 0.3) is 0 Å². The van der Waals surface area contributed by atoms with Crippen LogP contribution in [0.15, 0.2) is 34.7 Å². The van der Waals surface area contributed by atoms with Crippen molar-refractivity contribution in [3.8, 4) is 0 Å². The zero-order chi connectivity index (χ0) is 13.9. The number of alkyl halides is 4. The first-order valence-corrected chi connectivity index (χ1v) is 5.97. The highest BCUT2D eigenvalue weighted by Crippen LogP contribution is 2.28. The van der Waals surface area contributed by atoms with Gasteiger partial charge in [-0.05, 0) is 5.56 Å². The molecule has 0 amide bonds. The predicted molar refractivity (Wildman–Crippen MR) is 62.8 cm³/mol. The van der Waals surface area contributed by atoms with Crippen molar-refractivity contribution in [2.24, 2.45) is 0 Å². The van der Waals surface area contributed by atoms with Crippen LogP contribution in [0, 0.1) is 0 Å². The number of aryl methyl sites for hydroxylation is 1. The molecule has 0 fully saturated rings. The van der Waals surface area contributed by atoms with E-state index < -0.39 is 18.0 Å². The molecular weight excluding hydrogens is 281 g/mol. The fourth-order valence-corrected chi connectivity index (χ4v) is 1.72. The van der Waals surface area contributed by atoms with Gasteiger partial charge in [0.2, 0.25) is 11.8 Å². The van der Waals surface area contributed by atoms with Gasteiger partial charge < -0.3 is 4.42 Å². The lowest BCUT2D eigenvalue weighted by Gasteiger charge is -2.04. The number of aromatic nitrogens is 2. The molecule has 1 aromatic heterocycles. The van der Waals surface area contributed by atoms with Gasteiger partial charge in [-0.25, -0.2) is 0 Å². The molecule has 0 saturated carbocycles. The topological polar surface area (TPSA) is 38.9 Å². The summed E-state index contributed by atoms with van der Waals surface area (Å²) in [5.74, 6) is 0.0407. The van der Waals surface area contributed by atoms with E-state index >= 15 is 0 Å². The SMILES string of the molecule is FC(F)(F)CCc1nnc(C(Cl)c2ccccc2)o1. The van der Waals surface area contributed by atoms with Crippen LogP contribution >= 0.6 is 11.6 Å². The number of nitrogens with zero attached hydrogens (tertiary/aromatic N) is 2. The monoisotopic (exact) mass is 290 g/mol. The molecule has 1 heterocycles. The van der Waals surface area contributed by atoms with E-state index in [-0.39, 0.29) is 18.2 Å². The average molecular weight is 291 g/mol. The number of rotatable bonds is 4. The summed E-state index contributed by atoms with van der Waals surface area (Å²) in [6.07, 6.45) is -5.57. The summed E-state index contributed by atoms with van der Waals surface area (Å²) in [6, 6.07) is 8.97. The van der Waals surface area contributed by atoms with Gasteiger partial charge in [-0.1, -0.05) is 30.3 Å². The molecule has 3 nitrogen and oxygen atoms in total. The van der Waals surface area contributed by atoms with E-state index in [4.69, 9.17) is 16.0 Å². The normalized spacial score (nSPS) is 13.5. The summed E-state index contributed by atoms with van der Waals surface area (Å²) >= 11 is 6.12. The third-order valence-electron chi connectivity index (χ3n) is 2.41. The van der Waals surface area contributed by atoms with Crippen LogP contribution in [0.1, 0.15) is 29.1 Å². The van der Waals surface area contributed by atoms with E-state index in [0.29, 0.717) is 0 Å². The molecule has 1 unspecified atom stereocenters. The number of hydrogen-bond donors (Lipinski definition) is 0. The minimum absolute atomic E-state index is 0.0612. The van der Waals surface area contributed by atoms with Crippen molar-refractivity contribution in [2.45, 2.75) is 24.4 Å². The highest BCUT2D eigenvalue weighted by molar-refractivity contribution is 6.22. The summed E-state index contributed by atoms with van der Waals surface area (Å²) in [5.41, 5.74) is 0.746. The smallest absolute Gasteiger partial charge is 0.389 e. The summed E-state index contributed by atoms with van der Waals surface area (Å²) in [4.78, 5) is 0. The third kappa shape index (κ3) is 3.96. The largest absolute Gasteiger partial charge is 0.423 e. The standard InChI is InChI=1S/C12H10ClF3N2O/c13-10(8-4-2-1-3-5-8)11-18-17-9(19-11)6-7-12(14,15)16/h1-5,10H,6-7H2. The molecule has 102 valence electrons. The van der Waals surface area contributed by atoms with Gasteiger partial charge in [0.25, 0.3) is 0 Å². The molecule has 0 aliphatic rings. The Bertz CT molecular complexity index is 527. The molecule has 0 aliphatic heterocycles. The molecule has 0 bridgehead atoms. The first-order chi connectivity index (χ1) is 8.96. The molecule has 7 heteroatoms. The van der Waals surface area contributed by atoms with Crippen molar-refractivity contribution in [2.75, 3.05) is 0 Å². The minimum atomic E-state index is -4.24. The van der Waals surface area contributed by atoms with Crippen LogP contribution < -0.4 is 0 Å². The second-order valence-electron chi connectivity index (χ2n) is 3.92. The summed E-state index contributed by atoms with van der Waals surface area (Å²) in [6.45, 7) is 0.